The van der Waals surface area contributed by atoms with Gasteiger partial charge in [-0.3, -0.25) is 0 Å². The summed E-state index contributed by atoms with van der Waals surface area (Å²) in [6.07, 6.45) is 1.22. The summed E-state index contributed by atoms with van der Waals surface area (Å²) in [4.78, 5) is 0. The van der Waals surface area contributed by atoms with E-state index in [4.69, 9.17) is 0 Å². The summed E-state index contributed by atoms with van der Waals surface area (Å²) in [5.74, 6) is 4.01. The lowest BCUT2D eigenvalue weighted by Crippen LogP contribution is -2.33. The number of hydrogen-bond acceptors (Lipinski definition) is 2. The molecule has 1 heterocycles. The van der Waals surface area contributed by atoms with Crippen LogP contribution in [0.3, 0.4) is 0 Å². The van der Waals surface area contributed by atoms with Crippen molar-refractivity contribution in [1.29, 1.82) is 0 Å². The Labute approximate surface area is 109 Å². The van der Waals surface area contributed by atoms with Gasteiger partial charge in [0.15, 0.2) is 0 Å². The minimum Gasteiger partial charge on any atom is -0.316 e. The first-order valence-corrected chi connectivity index (χ1v) is 7.70. The van der Waals surface area contributed by atoms with E-state index in [2.05, 4.69) is 62.2 Å². The molecule has 0 spiro atoms. The van der Waals surface area contributed by atoms with Gasteiger partial charge in [0.2, 0.25) is 0 Å². The van der Waals surface area contributed by atoms with Crippen LogP contribution in [0.1, 0.15) is 30.9 Å². The molecule has 0 saturated carbocycles. The number of thioether (sulfide) groups is 1. The highest BCUT2D eigenvalue weighted by Gasteiger charge is 2.26. The lowest BCUT2D eigenvalue weighted by molar-refractivity contribution is 0.453. The van der Waals surface area contributed by atoms with Gasteiger partial charge in [0.25, 0.3) is 0 Å². The van der Waals surface area contributed by atoms with Crippen molar-refractivity contribution in [1.82, 2.24) is 5.32 Å². The Hall–Kier alpha value is -0.470. The fourth-order valence-electron chi connectivity index (χ4n) is 2.46. The van der Waals surface area contributed by atoms with Gasteiger partial charge in [0.05, 0.1) is 0 Å². The third kappa shape index (κ3) is 3.26. The van der Waals surface area contributed by atoms with Crippen LogP contribution in [-0.4, -0.2) is 24.6 Å². The maximum absolute atomic E-state index is 3.44. The average molecular weight is 249 g/mol. The van der Waals surface area contributed by atoms with Crippen molar-refractivity contribution in [2.24, 2.45) is 5.92 Å². The zero-order chi connectivity index (χ0) is 12.3. The molecule has 94 valence electrons. The van der Waals surface area contributed by atoms with E-state index in [9.17, 15) is 0 Å². The molecular formula is C15H23NS. The van der Waals surface area contributed by atoms with Gasteiger partial charge in [-0.15, -0.1) is 0 Å². The molecule has 1 aliphatic rings. The van der Waals surface area contributed by atoms with Gasteiger partial charge in [-0.2, -0.15) is 11.8 Å². The molecule has 0 aromatic heterocycles. The van der Waals surface area contributed by atoms with Crippen molar-refractivity contribution in [3.05, 3.63) is 35.4 Å². The standard InChI is InChI=1S/C15H23NS/c1-11(2)13-6-4-12(5-7-13)8-14-9-17-10-15(14)16-3/h4-7,11,14-16H,8-10H2,1-3H3. The maximum Gasteiger partial charge on any atom is 0.0194 e. The van der Waals surface area contributed by atoms with E-state index in [1.54, 1.807) is 0 Å². The van der Waals surface area contributed by atoms with Crippen molar-refractivity contribution in [2.75, 3.05) is 18.6 Å². The Kier molecular flexibility index (Phi) is 4.52. The van der Waals surface area contributed by atoms with Gasteiger partial charge < -0.3 is 5.32 Å². The number of benzene rings is 1. The summed E-state index contributed by atoms with van der Waals surface area (Å²) in [6, 6.07) is 9.90. The monoisotopic (exact) mass is 249 g/mol. The van der Waals surface area contributed by atoms with E-state index >= 15 is 0 Å². The molecule has 2 rings (SSSR count). The SMILES string of the molecule is CNC1CSCC1Cc1ccc(C(C)C)cc1. The van der Waals surface area contributed by atoms with Gasteiger partial charge in [-0.25, -0.2) is 0 Å². The van der Waals surface area contributed by atoms with Gasteiger partial charge >= 0.3 is 0 Å². The zero-order valence-corrected chi connectivity index (χ0v) is 11.9. The van der Waals surface area contributed by atoms with Crippen molar-refractivity contribution in [2.45, 2.75) is 32.2 Å². The molecule has 1 nitrogen and oxygen atoms in total. The molecule has 0 radical (unpaired) electrons. The molecule has 0 aliphatic carbocycles. The van der Waals surface area contributed by atoms with Crippen molar-refractivity contribution < 1.29 is 0 Å². The predicted octanol–water partition coefficient (Wildman–Crippen LogP) is 3.30. The van der Waals surface area contributed by atoms with Gasteiger partial charge in [0, 0.05) is 11.8 Å². The highest BCUT2D eigenvalue weighted by molar-refractivity contribution is 7.99. The highest BCUT2D eigenvalue weighted by Crippen LogP contribution is 2.27. The van der Waals surface area contributed by atoms with Crippen LogP contribution in [0.4, 0.5) is 0 Å². The molecule has 1 fully saturated rings. The van der Waals surface area contributed by atoms with E-state index in [0.717, 1.165) is 5.92 Å². The Balaban J connectivity index is 1.99. The van der Waals surface area contributed by atoms with Crippen LogP contribution in [0.25, 0.3) is 0 Å². The van der Waals surface area contributed by atoms with E-state index in [0.29, 0.717) is 12.0 Å². The van der Waals surface area contributed by atoms with Crippen molar-refractivity contribution >= 4 is 11.8 Å². The van der Waals surface area contributed by atoms with Crippen molar-refractivity contribution in [3.63, 3.8) is 0 Å². The Morgan fingerprint density at radius 2 is 1.94 bits per heavy atom. The van der Waals surface area contributed by atoms with Gasteiger partial charge in [-0.05, 0) is 42.2 Å². The lowest BCUT2D eigenvalue weighted by Gasteiger charge is -2.18. The van der Waals surface area contributed by atoms with Crippen LogP contribution in [0.2, 0.25) is 0 Å². The number of rotatable bonds is 4. The smallest absolute Gasteiger partial charge is 0.0194 e. The number of nitrogens with one attached hydrogen (secondary N) is 1. The molecule has 1 aromatic rings. The predicted molar refractivity (Wildman–Crippen MR) is 77.9 cm³/mol. The molecule has 2 unspecified atom stereocenters. The second kappa shape index (κ2) is 5.92. The maximum atomic E-state index is 3.44. The minimum absolute atomic E-state index is 0.635. The van der Waals surface area contributed by atoms with Crippen LogP contribution < -0.4 is 5.32 Å². The van der Waals surface area contributed by atoms with E-state index in [1.165, 1.54) is 29.1 Å². The fourth-order valence-corrected chi connectivity index (χ4v) is 3.94. The molecular weight excluding hydrogens is 226 g/mol. The summed E-state index contributed by atoms with van der Waals surface area (Å²) in [7, 11) is 2.09. The second-order valence-electron chi connectivity index (χ2n) is 5.29. The van der Waals surface area contributed by atoms with Crippen LogP contribution in [0, 0.1) is 5.92 Å². The molecule has 17 heavy (non-hydrogen) atoms. The van der Waals surface area contributed by atoms with E-state index in [-0.39, 0.29) is 0 Å². The third-order valence-electron chi connectivity index (χ3n) is 3.71. The van der Waals surface area contributed by atoms with E-state index in [1.807, 2.05) is 0 Å². The van der Waals surface area contributed by atoms with Gasteiger partial charge in [0.1, 0.15) is 0 Å². The molecule has 2 atom stereocenters. The third-order valence-corrected chi connectivity index (χ3v) is 4.97. The lowest BCUT2D eigenvalue weighted by atomic mass is 9.93. The summed E-state index contributed by atoms with van der Waals surface area (Å²) in [5, 5.41) is 3.44. The molecule has 2 heteroatoms. The quantitative estimate of drug-likeness (QED) is 0.878. The second-order valence-corrected chi connectivity index (χ2v) is 6.37. The van der Waals surface area contributed by atoms with Crippen molar-refractivity contribution in [3.8, 4) is 0 Å². The van der Waals surface area contributed by atoms with E-state index < -0.39 is 0 Å². The number of hydrogen-bond donors (Lipinski definition) is 1. The zero-order valence-electron chi connectivity index (χ0n) is 11.1. The fraction of sp³-hybridized carbons (Fsp3) is 0.600. The summed E-state index contributed by atoms with van der Waals surface area (Å²) in [5.41, 5.74) is 2.93. The summed E-state index contributed by atoms with van der Waals surface area (Å²) in [6.45, 7) is 4.50. The Bertz CT molecular complexity index is 344. The molecule has 1 aromatic carbocycles. The largest absolute Gasteiger partial charge is 0.316 e. The van der Waals surface area contributed by atoms with Crippen LogP contribution >= 0.6 is 11.8 Å². The van der Waals surface area contributed by atoms with Crippen LogP contribution in [-0.2, 0) is 6.42 Å². The Morgan fingerprint density at radius 1 is 1.24 bits per heavy atom. The normalized spacial score (nSPS) is 24.5. The molecule has 0 amide bonds. The minimum atomic E-state index is 0.635. The van der Waals surface area contributed by atoms with Crippen LogP contribution in [0.5, 0.6) is 0 Å². The first-order chi connectivity index (χ1) is 8.20. The topological polar surface area (TPSA) is 12.0 Å². The van der Waals surface area contributed by atoms with Gasteiger partial charge in [-0.1, -0.05) is 38.1 Å². The van der Waals surface area contributed by atoms with Crippen LogP contribution in [0.15, 0.2) is 24.3 Å². The first-order valence-electron chi connectivity index (χ1n) is 6.54. The highest BCUT2D eigenvalue weighted by atomic mass is 32.2. The molecule has 0 bridgehead atoms. The first kappa shape index (κ1) is 13.0. The summed E-state index contributed by atoms with van der Waals surface area (Å²) >= 11 is 2.08. The average Bonchev–Trinajstić information content (AvgIpc) is 2.77. The molecule has 1 N–H and O–H groups in total. The molecule has 1 saturated heterocycles. The summed E-state index contributed by atoms with van der Waals surface area (Å²) < 4.78 is 0. The Morgan fingerprint density at radius 3 is 2.53 bits per heavy atom. The molecule has 1 aliphatic heterocycles.